The first-order chi connectivity index (χ1) is 16.2. The van der Waals surface area contributed by atoms with Gasteiger partial charge in [0.15, 0.2) is 11.6 Å². The molecule has 33 heavy (non-hydrogen) atoms. The lowest BCUT2D eigenvalue weighted by Crippen LogP contribution is -2.41. The molecule has 10 nitrogen and oxygen atoms in total. The Morgan fingerprint density at radius 1 is 1.24 bits per heavy atom. The molecule has 0 aromatic carbocycles. The van der Waals surface area contributed by atoms with Gasteiger partial charge in [0.05, 0.1) is 16.9 Å². The van der Waals surface area contributed by atoms with Crippen molar-refractivity contribution in [1.82, 2.24) is 29.8 Å². The first-order valence-electron chi connectivity index (χ1n) is 11.0. The van der Waals surface area contributed by atoms with E-state index in [2.05, 4.69) is 30.9 Å². The Morgan fingerprint density at radius 2 is 2.15 bits per heavy atom. The smallest absolute Gasteiger partial charge is 0.247 e. The first-order valence-corrected chi connectivity index (χ1v) is 11.4. The summed E-state index contributed by atoms with van der Waals surface area (Å²) >= 11 is 6.19. The molecule has 1 aliphatic carbocycles. The third-order valence-electron chi connectivity index (χ3n) is 6.08. The van der Waals surface area contributed by atoms with E-state index in [-0.39, 0.29) is 5.91 Å². The van der Waals surface area contributed by atoms with Crippen LogP contribution in [0.3, 0.4) is 0 Å². The van der Waals surface area contributed by atoms with E-state index in [9.17, 15) is 4.79 Å². The molecule has 0 bridgehead atoms. The molecule has 168 valence electrons. The van der Waals surface area contributed by atoms with Crippen LogP contribution in [0.2, 0.25) is 5.02 Å². The summed E-state index contributed by atoms with van der Waals surface area (Å²) in [7, 11) is 0. The van der Waals surface area contributed by atoms with Crippen molar-refractivity contribution in [2.75, 3.05) is 22.1 Å². The van der Waals surface area contributed by atoms with Crippen molar-refractivity contribution in [2.45, 2.75) is 37.6 Å². The van der Waals surface area contributed by atoms with Gasteiger partial charge >= 0.3 is 0 Å². The van der Waals surface area contributed by atoms with E-state index in [4.69, 9.17) is 16.6 Å². The Morgan fingerprint density at radius 3 is 3.00 bits per heavy atom. The number of halogens is 1. The predicted octanol–water partition coefficient (Wildman–Crippen LogP) is 3.73. The number of rotatable bonds is 6. The second-order valence-electron chi connectivity index (χ2n) is 8.40. The number of fused-ring (bicyclic) bond motifs is 1. The Bertz CT molecular complexity index is 1330. The van der Waals surface area contributed by atoms with Gasteiger partial charge in [0.1, 0.15) is 11.6 Å². The van der Waals surface area contributed by atoms with Gasteiger partial charge < -0.3 is 15.5 Å². The van der Waals surface area contributed by atoms with E-state index in [1.165, 1.54) is 12.8 Å². The van der Waals surface area contributed by atoms with Crippen molar-refractivity contribution < 1.29 is 4.79 Å². The highest BCUT2D eigenvalue weighted by Crippen LogP contribution is 2.39. The number of carbonyl (C=O) groups is 1. The van der Waals surface area contributed by atoms with Crippen LogP contribution in [-0.2, 0) is 4.79 Å². The molecule has 6 rings (SSSR count). The van der Waals surface area contributed by atoms with Crippen molar-refractivity contribution in [3.8, 4) is 0 Å². The second-order valence-corrected chi connectivity index (χ2v) is 8.81. The van der Waals surface area contributed by atoms with E-state index in [0.29, 0.717) is 47.2 Å². The number of anilines is 4. The van der Waals surface area contributed by atoms with Crippen molar-refractivity contribution in [3.05, 3.63) is 53.6 Å². The summed E-state index contributed by atoms with van der Waals surface area (Å²) in [6.45, 7) is 0.680. The van der Waals surface area contributed by atoms with E-state index in [1.807, 2.05) is 29.3 Å². The zero-order valence-corrected chi connectivity index (χ0v) is 18.5. The van der Waals surface area contributed by atoms with Gasteiger partial charge in [0, 0.05) is 36.6 Å². The molecule has 0 spiro atoms. The van der Waals surface area contributed by atoms with Gasteiger partial charge in [0.2, 0.25) is 11.9 Å². The molecule has 4 aromatic heterocycles. The Kier molecular flexibility index (Phi) is 4.87. The first kappa shape index (κ1) is 20.0. The van der Waals surface area contributed by atoms with Gasteiger partial charge in [-0.3, -0.25) is 14.9 Å². The number of H-pyrrole nitrogens is 1. The van der Waals surface area contributed by atoms with Gasteiger partial charge in [-0.25, -0.2) is 4.52 Å². The molecular formula is C22H22ClN9O. The fourth-order valence-corrected chi connectivity index (χ4v) is 4.38. The van der Waals surface area contributed by atoms with Crippen molar-refractivity contribution in [3.63, 3.8) is 0 Å². The molecule has 0 radical (unpaired) electrons. The topological polar surface area (TPSA) is 116 Å². The largest absolute Gasteiger partial charge is 0.327 e. The zero-order valence-electron chi connectivity index (χ0n) is 17.7. The Hall–Kier alpha value is -3.66. The lowest BCUT2D eigenvalue weighted by atomic mass is 10.2. The molecule has 1 amide bonds. The van der Waals surface area contributed by atoms with Crippen LogP contribution in [0, 0.1) is 0 Å². The van der Waals surface area contributed by atoms with Gasteiger partial charge in [-0.15, -0.1) is 5.10 Å². The molecule has 11 heteroatoms. The maximum Gasteiger partial charge on any atom is 0.247 e. The van der Waals surface area contributed by atoms with Crippen LogP contribution < -0.4 is 15.5 Å². The highest BCUT2D eigenvalue weighted by atomic mass is 35.5. The Labute approximate surface area is 194 Å². The van der Waals surface area contributed by atoms with Crippen LogP contribution >= 0.6 is 11.6 Å². The van der Waals surface area contributed by atoms with Crippen LogP contribution in [-0.4, -0.2) is 48.3 Å². The summed E-state index contributed by atoms with van der Waals surface area (Å²) in [4.78, 5) is 23.8. The number of carbonyl (C=O) groups excluding carboxylic acids is 1. The zero-order chi connectivity index (χ0) is 22.4. The lowest BCUT2D eigenvalue weighted by molar-refractivity contribution is -0.117. The summed E-state index contributed by atoms with van der Waals surface area (Å²) in [5, 5.41) is 18.8. The van der Waals surface area contributed by atoms with Gasteiger partial charge in [0.25, 0.3) is 0 Å². The van der Waals surface area contributed by atoms with Crippen LogP contribution in [0.15, 0.2) is 42.9 Å². The third-order valence-corrected chi connectivity index (χ3v) is 6.41. The summed E-state index contributed by atoms with van der Waals surface area (Å²) in [5.74, 6) is 2.26. The molecule has 5 heterocycles. The Balaban J connectivity index is 1.28. The highest BCUT2D eigenvalue weighted by molar-refractivity contribution is 6.33. The molecule has 2 aliphatic rings. The molecule has 1 atom stereocenters. The number of aromatic nitrogens is 6. The average molecular weight is 464 g/mol. The monoisotopic (exact) mass is 463 g/mol. The molecule has 1 saturated heterocycles. The summed E-state index contributed by atoms with van der Waals surface area (Å²) in [5.41, 5.74) is 2.46. The molecule has 0 unspecified atom stereocenters. The average Bonchev–Trinajstić information content (AvgIpc) is 3.20. The maximum atomic E-state index is 13.1. The van der Waals surface area contributed by atoms with E-state index in [1.54, 1.807) is 23.0 Å². The number of hydrogen-bond donors (Lipinski definition) is 3. The van der Waals surface area contributed by atoms with Gasteiger partial charge in [-0.05, 0) is 43.9 Å². The molecule has 1 aliphatic heterocycles. The van der Waals surface area contributed by atoms with Crippen LogP contribution in [0.4, 0.5) is 23.3 Å². The minimum absolute atomic E-state index is 0.158. The van der Waals surface area contributed by atoms with Gasteiger partial charge in [-0.1, -0.05) is 11.6 Å². The normalized spacial score (nSPS) is 18.1. The molecule has 4 aromatic rings. The summed E-state index contributed by atoms with van der Waals surface area (Å²) < 4.78 is 1.77. The summed E-state index contributed by atoms with van der Waals surface area (Å²) in [6.07, 6.45) is 8.95. The molecular weight excluding hydrogens is 442 g/mol. The van der Waals surface area contributed by atoms with E-state index < -0.39 is 6.04 Å². The minimum atomic E-state index is -0.408. The van der Waals surface area contributed by atoms with Crippen LogP contribution in [0.5, 0.6) is 0 Å². The molecule has 1 saturated carbocycles. The number of pyridine rings is 1. The number of amides is 1. The summed E-state index contributed by atoms with van der Waals surface area (Å²) in [6, 6.07) is 7.13. The fraction of sp³-hybridized carbons (Fsp3) is 0.318. The van der Waals surface area contributed by atoms with Crippen molar-refractivity contribution in [1.29, 1.82) is 0 Å². The van der Waals surface area contributed by atoms with Crippen LogP contribution in [0.25, 0.3) is 5.52 Å². The van der Waals surface area contributed by atoms with Crippen molar-refractivity contribution >= 4 is 46.3 Å². The standard InChI is InChI=1S/C22H22ClN9O/c23-14-7-8-24-12-16(14)25-21(33)18-4-1-9-31(18)22-27-20(17-3-2-10-32(17)30-22)26-19-11-15(28-29-19)13-5-6-13/h2-3,7-8,10-13,18H,1,4-6,9H2,(H,25,33)(H2,26,27,28,29,30)/t18-/m0/s1. The van der Waals surface area contributed by atoms with E-state index >= 15 is 0 Å². The number of nitrogens with zero attached hydrogens (tertiary/aromatic N) is 6. The molecule has 2 fully saturated rings. The number of hydrogen-bond acceptors (Lipinski definition) is 7. The fourth-order valence-electron chi connectivity index (χ4n) is 4.23. The lowest BCUT2D eigenvalue weighted by Gasteiger charge is -2.24. The number of aromatic amines is 1. The third kappa shape index (κ3) is 3.86. The molecule has 3 N–H and O–H groups in total. The van der Waals surface area contributed by atoms with Crippen LogP contribution in [0.1, 0.15) is 37.3 Å². The maximum absolute atomic E-state index is 13.1. The highest BCUT2D eigenvalue weighted by Gasteiger charge is 2.33. The second kappa shape index (κ2) is 8.04. The minimum Gasteiger partial charge on any atom is -0.327 e. The predicted molar refractivity (Wildman–Crippen MR) is 125 cm³/mol. The van der Waals surface area contributed by atoms with Crippen molar-refractivity contribution in [2.24, 2.45) is 0 Å². The number of nitrogens with one attached hydrogen (secondary N) is 3. The SMILES string of the molecule is O=C(Nc1cnccc1Cl)[C@@H]1CCCN1c1nc(Nc2cc(C3CC3)[nH]n2)c2cccn2n1. The quantitative estimate of drug-likeness (QED) is 0.399. The van der Waals surface area contributed by atoms with Gasteiger partial charge in [-0.2, -0.15) is 10.1 Å². The van der Waals surface area contributed by atoms with E-state index in [0.717, 1.165) is 17.6 Å².